The largest absolute Gasteiger partial charge is 0.355 e. The Bertz CT molecular complexity index is 194. The highest BCUT2D eigenvalue weighted by Crippen LogP contribution is 2.01. The topological polar surface area (TPSA) is 55.1 Å². The van der Waals surface area contributed by atoms with E-state index in [9.17, 15) is 4.79 Å². The molecule has 0 spiro atoms. The van der Waals surface area contributed by atoms with Gasteiger partial charge in [-0.1, -0.05) is 13.8 Å². The van der Waals surface area contributed by atoms with Crippen molar-refractivity contribution in [1.82, 2.24) is 5.32 Å². The number of rotatable bonds is 5. The van der Waals surface area contributed by atoms with Gasteiger partial charge in [0.25, 0.3) is 0 Å². The van der Waals surface area contributed by atoms with Gasteiger partial charge >= 0.3 is 0 Å². The second kappa shape index (κ2) is 6.50. The Morgan fingerprint density at radius 1 is 1.62 bits per heavy atom. The van der Waals surface area contributed by atoms with Crippen LogP contribution >= 0.6 is 0 Å². The van der Waals surface area contributed by atoms with Gasteiger partial charge in [0.2, 0.25) is 5.91 Å². The summed E-state index contributed by atoms with van der Waals surface area (Å²) in [5.74, 6) is 2.77. The average Bonchev–Trinajstić information content (AvgIpc) is 2.04. The molecule has 3 nitrogen and oxygen atoms in total. The molecule has 0 aliphatic carbocycles. The van der Waals surface area contributed by atoms with E-state index >= 15 is 0 Å². The van der Waals surface area contributed by atoms with Crippen molar-refractivity contribution < 1.29 is 4.79 Å². The molecule has 0 radical (unpaired) electrons. The molecule has 0 aromatic rings. The summed E-state index contributed by atoms with van der Waals surface area (Å²) in [5, 5.41) is 2.71. The maximum atomic E-state index is 11.2. The first-order chi connectivity index (χ1) is 6.07. The minimum absolute atomic E-state index is 0.0172. The van der Waals surface area contributed by atoms with Crippen molar-refractivity contribution in [1.29, 1.82) is 0 Å². The highest BCUT2D eigenvalue weighted by molar-refractivity contribution is 5.76. The van der Waals surface area contributed by atoms with Crippen LogP contribution in [0.5, 0.6) is 0 Å². The third-order valence-corrected chi connectivity index (χ3v) is 1.87. The first kappa shape index (κ1) is 12.0. The van der Waals surface area contributed by atoms with Crippen LogP contribution in [0.3, 0.4) is 0 Å². The van der Waals surface area contributed by atoms with Crippen molar-refractivity contribution in [3.05, 3.63) is 0 Å². The van der Waals surface area contributed by atoms with Crippen LogP contribution in [0.4, 0.5) is 0 Å². The molecule has 0 aromatic carbocycles. The van der Waals surface area contributed by atoms with E-state index in [0.717, 1.165) is 0 Å². The van der Waals surface area contributed by atoms with Gasteiger partial charge in [0.15, 0.2) is 0 Å². The molecule has 1 unspecified atom stereocenters. The molecule has 0 bridgehead atoms. The Morgan fingerprint density at radius 3 is 2.69 bits per heavy atom. The number of terminal acetylenes is 1. The van der Waals surface area contributed by atoms with Gasteiger partial charge in [-0.2, -0.15) is 0 Å². The monoisotopic (exact) mass is 182 g/mol. The fourth-order valence-electron chi connectivity index (χ4n) is 0.796. The van der Waals surface area contributed by atoms with Gasteiger partial charge in [-0.3, -0.25) is 4.79 Å². The zero-order valence-corrected chi connectivity index (χ0v) is 8.34. The van der Waals surface area contributed by atoms with Crippen molar-refractivity contribution in [3.63, 3.8) is 0 Å². The zero-order valence-electron chi connectivity index (χ0n) is 8.34. The number of hydrogen-bond acceptors (Lipinski definition) is 2. The van der Waals surface area contributed by atoms with E-state index < -0.39 is 0 Å². The van der Waals surface area contributed by atoms with Gasteiger partial charge in [-0.25, -0.2) is 0 Å². The molecule has 3 N–H and O–H groups in total. The van der Waals surface area contributed by atoms with Crippen molar-refractivity contribution in [2.24, 2.45) is 11.7 Å². The summed E-state index contributed by atoms with van der Waals surface area (Å²) in [5.41, 5.74) is 5.72. The third-order valence-electron chi connectivity index (χ3n) is 1.87. The van der Waals surface area contributed by atoms with Crippen LogP contribution in [-0.4, -0.2) is 18.5 Å². The zero-order chi connectivity index (χ0) is 10.3. The number of amides is 1. The second-order valence-corrected chi connectivity index (χ2v) is 3.42. The Kier molecular flexibility index (Phi) is 5.99. The fourth-order valence-corrected chi connectivity index (χ4v) is 0.796. The molecule has 0 aliphatic heterocycles. The third kappa shape index (κ3) is 6.18. The van der Waals surface area contributed by atoms with Crippen molar-refractivity contribution >= 4 is 5.91 Å². The van der Waals surface area contributed by atoms with Crippen LogP contribution in [0.25, 0.3) is 0 Å². The maximum absolute atomic E-state index is 11.2. The lowest BCUT2D eigenvalue weighted by molar-refractivity contribution is -0.121. The predicted molar refractivity (Wildman–Crippen MR) is 53.9 cm³/mol. The van der Waals surface area contributed by atoms with Gasteiger partial charge in [0, 0.05) is 25.4 Å². The molecule has 1 atom stereocenters. The summed E-state index contributed by atoms with van der Waals surface area (Å²) in [6.45, 7) is 4.54. The van der Waals surface area contributed by atoms with Crippen LogP contribution in [0.15, 0.2) is 0 Å². The highest BCUT2D eigenvalue weighted by Gasteiger charge is 2.11. The molecular formula is C10H18N2O. The molecule has 0 saturated carbocycles. The second-order valence-electron chi connectivity index (χ2n) is 3.42. The van der Waals surface area contributed by atoms with Gasteiger partial charge < -0.3 is 11.1 Å². The van der Waals surface area contributed by atoms with Crippen molar-refractivity contribution in [3.8, 4) is 12.3 Å². The van der Waals surface area contributed by atoms with Gasteiger partial charge in [-0.05, 0) is 5.92 Å². The molecule has 74 valence electrons. The summed E-state index contributed by atoms with van der Waals surface area (Å²) >= 11 is 0. The number of nitrogens with one attached hydrogen (secondary N) is 1. The Hall–Kier alpha value is -1.01. The molecule has 0 aliphatic rings. The predicted octanol–water partition coefficient (Wildman–Crippen LogP) is 0.499. The van der Waals surface area contributed by atoms with Gasteiger partial charge in [-0.15, -0.1) is 12.3 Å². The summed E-state index contributed by atoms with van der Waals surface area (Å²) < 4.78 is 0. The lowest BCUT2D eigenvalue weighted by Gasteiger charge is -2.14. The van der Waals surface area contributed by atoms with E-state index in [-0.39, 0.29) is 11.9 Å². The SMILES string of the molecule is C#CCCNC(=O)CC(N)C(C)C. The molecule has 0 rings (SSSR count). The average molecular weight is 182 g/mol. The maximum Gasteiger partial charge on any atom is 0.221 e. The molecule has 0 saturated heterocycles. The molecule has 3 heteroatoms. The van der Waals surface area contributed by atoms with E-state index in [1.165, 1.54) is 0 Å². The molecule has 13 heavy (non-hydrogen) atoms. The number of carbonyl (C=O) groups excluding carboxylic acids is 1. The minimum Gasteiger partial charge on any atom is -0.355 e. The summed E-state index contributed by atoms with van der Waals surface area (Å²) in [6.07, 6.45) is 5.99. The van der Waals surface area contributed by atoms with Gasteiger partial charge in [0.1, 0.15) is 0 Å². The number of nitrogens with two attached hydrogens (primary N) is 1. The van der Waals surface area contributed by atoms with E-state index in [2.05, 4.69) is 11.2 Å². The van der Waals surface area contributed by atoms with Crippen LogP contribution < -0.4 is 11.1 Å². The molecular weight excluding hydrogens is 164 g/mol. The number of carbonyl (C=O) groups is 1. The molecule has 0 fully saturated rings. The molecule has 0 heterocycles. The van der Waals surface area contributed by atoms with Crippen molar-refractivity contribution in [2.75, 3.05) is 6.54 Å². The smallest absolute Gasteiger partial charge is 0.221 e. The highest BCUT2D eigenvalue weighted by atomic mass is 16.1. The Balaban J connectivity index is 3.57. The normalized spacial score (nSPS) is 12.2. The Labute approximate surface area is 80.1 Å². The van der Waals surface area contributed by atoms with Crippen LogP contribution in [0.1, 0.15) is 26.7 Å². The summed E-state index contributed by atoms with van der Waals surface area (Å²) in [6, 6.07) is -0.0640. The summed E-state index contributed by atoms with van der Waals surface area (Å²) in [4.78, 5) is 11.2. The van der Waals surface area contributed by atoms with Gasteiger partial charge in [0.05, 0.1) is 0 Å². The standard InChI is InChI=1S/C10H18N2O/c1-4-5-6-12-10(13)7-9(11)8(2)3/h1,8-9H,5-7,11H2,2-3H3,(H,12,13). The molecule has 1 amide bonds. The van der Waals surface area contributed by atoms with E-state index in [0.29, 0.717) is 25.3 Å². The van der Waals surface area contributed by atoms with Crippen LogP contribution in [0, 0.1) is 18.3 Å². The quantitative estimate of drug-likeness (QED) is 0.480. The lowest BCUT2D eigenvalue weighted by Crippen LogP contribution is -2.35. The Morgan fingerprint density at radius 2 is 2.23 bits per heavy atom. The minimum atomic E-state index is -0.0640. The van der Waals surface area contributed by atoms with Crippen LogP contribution in [0.2, 0.25) is 0 Å². The van der Waals surface area contributed by atoms with E-state index in [4.69, 9.17) is 12.2 Å². The van der Waals surface area contributed by atoms with E-state index in [1.54, 1.807) is 0 Å². The first-order valence-corrected chi connectivity index (χ1v) is 4.53. The van der Waals surface area contributed by atoms with Crippen molar-refractivity contribution in [2.45, 2.75) is 32.7 Å². The fraction of sp³-hybridized carbons (Fsp3) is 0.700. The summed E-state index contributed by atoms with van der Waals surface area (Å²) in [7, 11) is 0. The first-order valence-electron chi connectivity index (χ1n) is 4.53. The van der Waals surface area contributed by atoms with E-state index in [1.807, 2.05) is 13.8 Å². The lowest BCUT2D eigenvalue weighted by atomic mass is 10.0. The molecule has 0 aromatic heterocycles. The number of hydrogen-bond donors (Lipinski definition) is 2. The van der Waals surface area contributed by atoms with Crippen LogP contribution in [-0.2, 0) is 4.79 Å².